The van der Waals surface area contributed by atoms with Crippen LogP contribution in [0.25, 0.3) is 0 Å². The minimum absolute atomic E-state index is 0.0976. The second kappa shape index (κ2) is 16.8. The number of benzene rings is 4. The molecule has 6 rings (SSSR count). The monoisotopic (exact) mass is 634 g/mol. The third-order valence-corrected chi connectivity index (χ3v) is 7.77. The van der Waals surface area contributed by atoms with Crippen molar-refractivity contribution in [3.8, 4) is 0 Å². The molecule has 0 bridgehead atoms. The molecule has 0 saturated carbocycles. The SMILES string of the molecule is O=C(OC[C@H]1O[C@@H](OCc2ccccc2)[C@H](OCc2ccccc2)[C@@H](OCc2ccccc2)[C@@H]1OCc1ccccc1)c1ncc[nH]1. The molecule has 0 aliphatic carbocycles. The molecule has 0 spiro atoms. The van der Waals surface area contributed by atoms with Crippen molar-refractivity contribution in [3.05, 3.63) is 162 Å². The van der Waals surface area contributed by atoms with Crippen LogP contribution in [0, 0.1) is 0 Å². The van der Waals surface area contributed by atoms with Gasteiger partial charge in [-0.1, -0.05) is 121 Å². The van der Waals surface area contributed by atoms with Gasteiger partial charge < -0.3 is 33.4 Å². The highest BCUT2D eigenvalue weighted by atomic mass is 16.7. The van der Waals surface area contributed by atoms with Crippen molar-refractivity contribution in [2.24, 2.45) is 0 Å². The van der Waals surface area contributed by atoms with Crippen molar-refractivity contribution in [1.29, 1.82) is 0 Å². The molecular formula is C38H38N2O7. The van der Waals surface area contributed by atoms with E-state index in [9.17, 15) is 4.79 Å². The molecule has 9 heteroatoms. The molecule has 1 aromatic heterocycles. The summed E-state index contributed by atoms with van der Waals surface area (Å²) < 4.78 is 38.6. The number of imidazole rings is 1. The normalized spacial score (nSPS) is 20.9. The van der Waals surface area contributed by atoms with Gasteiger partial charge in [0.1, 0.15) is 31.0 Å². The van der Waals surface area contributed by atoms with E-state index in [0.717, 1.165) is 22.3 Å². The molecule has 5 aromatic rings. The topological polar surface area (TPSA) is 101 Å². The fourth-order valence-corrected chi connectivity index (χ4v) is 5.37. The maximum Gasteiger partial charge on any atom is 0.374 e. The largest absolute Gasteiger partial charge is 0.457 e. The van der Waals surface area contributed by atoms with Crippen molar-refractivity contribution in [3.63, 3.8) is 0 Å². The molecule has 0 radical (unpaired) electrons. The first-order valence-corrected chi connectivity index (χ1v) is 15.7. The average Bonchev–Trinajstić information content (AvgIpc) is 3.68. The third kappa shape index (κ3) is 9.22. The summed E-state index contributed by atoms with van der Waals surface area (Å²) in [5.74, 6) is -0.508. The van der Waals surface area contributed by atoms with E-state index in [0.29, 0.717) is 13.2 Å². The number of carbonyl (C=O) groups is 1. The standard InChI is InChI=1S/C38H38N2O7/c41-37(36-39-21-22-40-36)45-27-32-33(42-23-28-13-5-1-6-14-28)34(43-24-29-15-7-2-8-16-29)35(44-25-30-17-9-3-10-18-30)38(47-32)46-26-31-19-11-4-12-20-31/h1-22,32-35,38H,23-27H2,(H,39,40)/t32-,33-,34+,35-,38-/m1/s1. The maximum atomic E-state index is 12.8. The molecule has 2 heterocycles. The van der Waals surface area contributed by atoms with E-state index in [2.05, 4.69) is 9.97 Å². The number of aromatic nitrogens is 2. The van der Waals surface area contributed by atoms with Gasteiger partial charge in [0, 0.05) is 12.4 Å². The first kappa shape index (κ1) is 32.3. The van der Waals surface area contributed by atoms with Gasteiger partial charge in [-0.3, -0.25) is 0 Å². The quantitative estimate of drug-likeness (QED) is 0.135. The number of nitrogens with zero attached hydrogens (tertiary/aromatic N) is 1. The first-order chi connectivity index (χ1) is 23.2. The van der Waals surface area contributed by atoms with Crippen LogP contribution in [0.1, 0.15) is 32.9 Å². The molecule has 242 valence electrons. The van der Waals surface area contributed by atoms with Crippen molar-refractivity contribution < 1.29 is 33.2 Å². The molecule has 1 saturated heterocycles. The van der Waals surface area contributed by atoms with E-state index < -0.39 is 36.7 Å². The van der Waals surface area contributed by atoms with Gasteiger partial charge in [-0.2, -0.15) is 0 Å². The van der Waals surface area contributed by atoms with Crippen molar-refractivity contribution >= 4 is 5.97 Å². The number of esters is 1. The van der Waals surface area contributed by atoms with Crippen molar-refractivity contribution in [2.45, 2.75) is 57.1 Å². The molecule has 0 amide bonds. The maximum absolute atomic E-state index is 12.8. The second-order valence-corrected chi connectivity index (χ2v) is 11.2. The molecule has 9 nitrogen and oxygen atoms in total. The highest BCUT2D eigenvalue weighted by Gasteiger charge is 2.49. The van der Waals surface area contributed by atoms with Crippen molar-refractivity contribution in [2.75, 3.05) is 6.61 Å². The number of nitrogens with one attached hydrogen (secondary N) is 1. The highest BCUT2D eigenvalue weighted by Crippen LogP contribution is 2.32. The van der Waals surface area contributed by atoms with Crippen LogP contribution < -0.4 is 0 Å². The summed E-state index contributed by atoms with van der Waals surface area (Å²) in [5, 5.41) is 0. The number of hydrogen-bond donors (Lipinski definition) is 1. The summed E-state index contributed by atoms with van der Waals surface area (Å²) in [6.07, 6.45) is -0.616. The highest BCUT2D eigenvalue weighted by molar-refractivity contribution is 5.85. The van der Waals surface area contributed by atoms with Crippen LogP contribution in [0.15, 0.2) is 134 Å². The lowest BCUT2D eigenvalue weighted by molar-refractivity contribution is -0.329. The summed E-state index contributed by atoms with van der Waals surface area (Å²) in [5.41, 5.74) is 3.94. The number of ether oxygens (including phenoxy) is 6. The van der Waals surface area contributed by atoms with Gasteiger partial charge in [0.15, 0.2) is 6.29 Å². The fraction of sp³-hybridized carbons (Fsp3) is 0.263. The van der Waals surface area contributed by atoms with Gasteiger partial charge in [0.25, 0.3) is 0 Å². The van der Waals surface area contributed by atoms with Crippen molar-refractivity contribution in [1.82, 2.24) is 9.97 Å². The minimum Gasteiger partial charge on any atom is -0.457 e. The van der Waals surface area contributed by atoms with E-state index in [1.165, 1.54) is 6.20 Å². The molecular weight excluding hydrogens is 596 g/mol. The van der Waals surface area contributed by atoms with Crippen LogP contribution in [-0.2, 0) is 54.8 Å². The Kier molecular flexibility index (Phi) is 11.5. The van der Waals surface area contributed by atoms with Gasteiger partial charge in [-0.25, -0.2) is 9.78 Å². The van der Waals surface area contributed by atoms with Gasteiger partial charge >= 0.3 is 5.97 Å². The average molecular weight is 635 g/mol. The Morgan fingerprint density at radius 3 is 1.51 bits per heavy atom. The van der Waals surface area contributed by atoms with Crippen LogP contribution in [0.3, 0.4) is 0 Å². The first-order valence-electron chi connectivity index (χ1n) is 15.7. The Morgan fingerprint density at radius 1 is 0.596 bits per heavy atom. The summed E-state index contributed by atoms with van der Waals surface area (Å²) >= 11 is 0. The van der Waals surface area contributed by atoms with E-state index in [-0.39, 0.29) is 25.6 Å². The Bertz CT molecular complexity index is 1610. The Hall–Kier alpha value is -4.64. The predicted molar refractivity (Wildman–Crippen MR) is 174 cm³/mol. The van der Waals surface area contributed by atoms with Gasteiger partial charge in [-0.15, -0.1) is 0 Å². The summed E-state index contributed by atoms with van der Waals surface area (Å²) in [7, 11) is 0. The smallest absolute Gasteiger partial charge is 0.374 e. The lowest BCUT2D eigenvalue weighted by atomic mass is 9.97. The predicted octanol–water partition coefficient (Wildman–Crippen LogP) is 6.26. The zero-order valence-electron chi connectivity index (χ0n) is 25.9. The summed E-state index contributed by atoms with van der Waals surface area (Å²) in [6, 6.07) is 39.5. The summed E-state index contributed by atoms with van der Waals surface area (Å²) in [4.78, 5) is 19.7. The lowest BCUT2D eigenvalue weighted by Gasteiger charge is -2.45. The molecule has 1 fully saturated rings. The fourth-order valence-electron chi connectivity index (χ4n) is 5.37. The molecule has 1 aliphatic rings. The lowest BCUT2D eigenvalue weighted by Crippen LogP contribution is -2.61. The molecule has 0 unspecified atom stereocenters. The van der Waals surface area contributed by atoms with Crippen LogP contribution >= 0.6 is 0 Å². The van der Waals surface area contributed by atoms with Gasteiger partial charge in [0.05, 0.1) is 26.4 Å². The minimum atomic E-state index is -0.872. The Balaban J connectivity index is 1.31. The number of hydrogen-bond acceptors (Lipinski definition) is 8. The molecule has 5 atom stereocenters. The zero-order chi connectivity index (χ0) is 32.1. The second-order valence-electron chi connectivity index (χ2n) is 11.2. The zero-order valence-corrected chi connectivity index (χ0v) is 25.9. The molecule has 1 N–H and O–H groups in total. The Morgan fingerprint density at radius 2 is 1.04 bits per heavy atom. The van der Waals surface area contributed by atoms with Crippen LogP contribution in [0.5, 0.6) is 0 Å². The van der Waals surface area contributed by atoms with Crippen LogP contribution in [0.4, 0.5) is 0 Å². The van der Waals surface area contributed by atoms with E-state index in [1.807, 2.05) is 121 Å². The molecule has 4 aromatic carbocycles. The van der Waals surface area contributed by atoms with E-state index in [4.69, 9.17) is 28.4 Å². The van der Waals surface area contributed by atoms with Crippen LogP contribution in [0.2, 0.25) is 0 Å². The van der Waals surface area contributed by atoms with Gasteiger partial charge in [-0.05, 0) is 22.3 Å². The van der Waals surface area contributed by atoms with Crippen LogP contribution in [-0.4, -0.2) is 53.3 Å². The van der Waals surface area contributed by atoms with Gasteiger partial charge in [0.2, 0.25) is 5.82 Å². The third-order valence-electron chi connectivity index (χ3n) is 7.77. The Labute approximate surface area is 274 Å². The molecule has 47 heavy (non-hydrogen) atoms. The summed E-state index contributed by atoms with van der Waals surface area (Å²) in [6.45, 7) is 1.03. The number of H-pyrrole nitrogens is 1. The van der Waals surface area contributed by atoms with E-state index in [1.54, 1.807) is 6.20 Å². The molecule has 1 aliphatic heterocycles. The van der Waals surface area contributed by atoms with E-state index >= 15 is 0 Å². The number of aromatic amines is 1. The number of carbonyl (C=O) groups excluding carboxylic acids is 1. The number of rotatable bonds is 15.